The molecule has 1 unspecified atom stereocenters. The molecule has 32 heavy (non-hydrogen) atoms. The molecule has 1 aromatic heterocycles. The number of hydrogen-bond donors (Lipinski definition) is 1. The molecule has 5 nitrogen and oxygen atoms in total. The number of hydrogen-bond acceptors (Lipinski definition) is 4. The predicted octanol–water partition coefficient (Wildman–Crippen LogP) is 5.96. The number of aryl methyl sites for hydroxylation is 2. The van der Waals surface area contributed by atoms with Gasteiger partial charge < -0.3 is 5.32 Å². The zero-order chi connectivity index (χ0) is 22.2. The van der Waals surface area contributed by atoms with Crippen LogP contribution in [0.25, 0.3) is 16.8 Å². The van der Waals surface area contributed by atoms with Crippen LogP contribution >= 0.6 is 11.6 Å². The molecule has 2 aliphatic rings. The zero-order valence-corrected chi connectivity index (χ0v) is 19.7. The van der Waals surface area contributed by atoms with Crippen LogP contribution in [0.2, 0.25) is 5.02 Å². The highest BCUT2D eigenvalue weighted by molar-refractivity contribution is 6.30. The van der Waals surface area contributed by atoms with Crippen molar-refractivity contribution in [2.75, 3.05) is 18.4 Å². The third-order valence-electron chi connectivity index (χ3n) is 6.74. The molecule has 0 saturated heterocycles. The van der Waals surface area contributed by atoms with Gasteiger partial charge in [-0.2, -0.15) is 0 Å². The molecule has 0 spiro atoms. The highest BCUT2D eigenvalue weighted by atomic mass is 35.5. The maximum atomic E-state index is 6.11. The molecule has 3 heterocycles. The molecule has 0 bridgehead atoms. The fourth-order valence-electron chi connectivity index (χ4n) is 4.88. The Morgan fingerprint density at radius 2 is 1.91 bits per heavy atom. The summed E-state index contributed by atoms with van der Waals surface area (Å²) in [5.41, 5.74) is 8.51. The van der Waals surface area contributed by atoms with E-state index in [2.05, 4.69) is 63.3 Å². The summed E-state index contributed by atoms with van der Waals surface area (Å²) in [6, 6.07) is 15.7. The minimum atomic E-state index is 0.184. The Labute approximate surface area is 195 Å². The van der Waals surface area contributed by atoms with Crippen LogP contribution in [0.5, 0.6) is 0 Å². The first-order valence-corrected chi connectivity index (χ1v) is 11.9. The molecule has 3 aromatic rings. The Bertz CT molecular complexity index is 1150. The van der Waals surface area contributed by atoms with Crippen molar-refractivity contribution in [2.45, 2.75) is 52.2 Å². The largest absolute Gasteiger partial charge is 0.378 e. The first-order valence-electron chi connectivity index (χ1n) is 11.5. The Kier molecular flexibility index (Phi) is 5.78. The maximum Gasteiger partial charge on any atom is 0.0918 e. The lowest BCUT2D eigenvalue weighted by Crippen LogP contribution is -2.34. The number of aromatic nitrogens is 3. The summed E-state index contributed by atoms with van der Waals surface area (Å²) >= 11 is 6.11. The van der Waals surface area contributed by atoms with E-state index in [1.165, 1.54) is 22.3 Å². The number of fused-ring (bicyclic) bond motifs is 3. The average Bonchev–Trinajstić information content (AvgIpc) is 3.09. The fourth-order valence-corrected chi connectivity index (χ4v) is 5.00. The van der Waals surface area contributed by atoms with Crippen molar-refractivity contribution in [1.82, 2.24) is 19.9 Å². The van der Waals surface area contributed by atoms with E-state index in [4.69, 9.17) is 11.6 Å². The lowest BCUT2D eigenvalue weighted by Gasteiger charge is -2.30. The van der Waals surface area contributed by atoms with Crippen molar-refractivity contribution >= 4 is 22.9 Å². The minimum absolute atomic E-state index is 0.184. The number of nitrogens with one attached hydrogen (secondary N) is 1. The monoisotopic (exact) mass is 447 g/mol. The van der Waals surface area contributed by atoms with E-state index in [0.29, 0.717) is 6.04 Å². The molecule has 0 saturated carbocycles. The molecule has 0 fully saturated rings. The molecule has 1 N–H and O–H groups in total. The van der Waals surface area contributed by atoms with Gasteiger partial charge in [-0.05, 0) is 80.6 Å². The number of benzene rings is 2. The van der Waals surface area contributed by atoms with Crippen LogP contribution in [0.1, 0.15) is 49.6 Å². The van der Waals surface area contributed by atoms with Crippen molar-refractivity contribution in [3.8, 4) is 11.3 Å². The predicted molar refractivity (Wildman–Crippen MR) is 132 cm³/mol. The summed E-state index contributed by atoms with van der Waals surface area (Å²) in [5, 5.41) is 13.3. The van der Waals surface area contributed by atoms with Crippen molar-refractivity contribution in [2.24, 2.45) is 0 Å². The van der Waals surface area contributed by atoms with E-state index in [9.17, 15) is 0 Å². The van der Waals surface area contributed by atoms with E-state index in [-0.39, 0.29) is 6.04 Å². The first-order chi connectivity index (χ1) is 15.5. The molecule has 5 rings (SSSR count). The van der Waals surface area contributed by atoms with Crippen molar-refractivity contribution in [1.29, 1.82) is 0 Å². The Morgan fingerprint density at radius 1 is 1.09 bits per heavy atom. The van der Waals surface area contributed by atoms with Crippen LogP contribution < -0.4 is 5.32 Å². The average molecular weight is 448 g/mol. The summed E-state index contributed by atoms with van der Waals surface area (Å²) in [7, 11) is 0. The topological polar surface area (TPSA) is 46.0 Å². The molecule has 2 aliphatic heterocycles. The molecule has 1 atom stereocenters. The normalized spacial score (nSPS) is 18.7. The third kappa shape index (κ3) is 4.07. The van der Waals surface area contributed by atoms with Gasteiger partial charge in [-0.3, -0.25) is 4.90 Å². The van der Waals surface area contributed by atoms with Crippen molar-refractivity contribution in [3.05, 3.63) is 70.4 Å². The van der Waals surface area contributed by atoms with Gasteiger partial charge >= 0.3 is 0 Å². The molecular formula is C26H30ClN5. The van der Waals surface area contributed by atoms with Crippen LogP contribution in [-0.4, -0.2) is 39.0 Å². The lowest BCUT2D eigenvalue weighted by atomic mass is 9.90. The molecular weight excluding hydrogens is 418 g/mol. The van der Waals surface area contributed by atoms with Gasteiger partial charge in [0.25, 0.3) is 0 Å². The second-order valence-electron chi connectivity index (χ2n) is 9.11. The minimum Gasteiger partial charge on any atom is -0.378 e. The second kappa shape index (κ2) is 8.72. The quantitative estimate of drug-likeness (QED) is 0.535. The fraction of sp³-hybridized carbons (Fsp3) is 0.385. The highest BCUT2D eigenvalue weighted by Gasteiger charge is 2.26. The Hall–Kier alpha value is -2.63. The summed E-state index contributed by atoms with van der Waals surface area (Å²) in [6.45, 7) is 9.56. The van der Waals surface area contributed by atoms with Gasteiger partial charge in [0, 0.05) is 41.9 Å². The van der Waals surface area contributed by atoms with Gasteiger partial charge in [-0.25, -0.2) is 4.68 Å². The summed E-state index contributed by atoms with van der Waals surface area (Å²) < 4.78 is 2.05. The number of nitrogens with zero attached hydrogens (tertiary/aromatic N) is 4. The van der Waals surface area contributed by atoms with Crippen molar-refractivity contribution < 1.29 is 0 Å². The lowest BCUT2D eigenvalue weighted by molar-refractivity contribution is 0.245. The highest BCUT2D eigenvalue weighted by Crippen LogP contribution is 2.39. The molecule has 0 aliphatic carbocycles. The van der Waals surface area contributed by atoms with Gasteiger partial charge in [0.05, 0.1) is 17.4 Å². The maximum absolute atomic E-state index is 6.11. The van der Waals surface area contributed by atoms with Gasteiger partial charge in [-0.1, -0.05) is 35.0 Å². The second-order valence-corrected chi connectivity index (χ2v) is 9.55. The SMILES string of the molecule is Cc1nnn2c1-c1ccc(C3=CCN(C(C)C)CC3)cc1C(Nc1ccc(Cl)cc1)CC2. The standard InChI is InChI=1S/C26H30ClN5/c1-17(2)31-13-10-19(11-14-31)20-4-9-23-24(16-20)25(28-22-7-5-21(27)6-8-22)12-15-32-26(23)18(3)29-30-32/h4-10,16-17,25,28H,11-15H2,1-3H3. The number of halogens is 1. The zero-order valence-electron chi connectivity index (χ0n) is 19.0. The summed E-state index contributed by atoms with van der Waals surface area (Å²) in [4.78, 5) is 2.52. The van der Waals surface area contributed by atoms with Crippen LogP contribution in [0.3, 0.4) is 0 Å². The third-order valence-corrected chi connectivity index (χ3v) is 6.99. The van der Waals surface area contributed by atoms with Crippen LogP contribution in [-0.2, 0) is 6.54 Å². The molecule has 0 amide bonds. The van der Waals surface area contributed by atoms with Crippen LogP contribution in [0, 0.1) is 6.92 Å². The molecule has 166 valence electrons. The van der Waals surface area contributed by atoms with E-state index in [1.54, 1.807) is 0 Å². The molecule has 6 heteroatoms. The van der Waals surface area contributed by atoms with Crippen LogP contribution in [0.4, 0.5) is 5.69 Å². The van der Waals surface area contributed by atoms with E-state index in [1.807, 2.05) is 31.2 Å². The van der Waals surface area contributed by atoms with Gasteiger partial charge in [0.2, 0.25) is 0 Å². The number of anilines is 1. The van der Waals surface area contributed by atoms with E-state index >= 15 is 0 Å². The molecule has 0 radical (unpaired) electrons. The van der Waals surface area contributed by atoms with Crippen molar-refractivity contribution in [3.63, 3.8) is 0 Å². The summed E-state index contributed by atoms with van der Waals surface area (Å²) in [6.07, 6.45) is 4.43. The first kappa shape index (κ1) is 21.2. The Balaban J connectivity index is 1.54. The number of rotatable bonds is 4. The van der Waals surface area contributed by atoms with E-state index in [0.717, 1.165) is 54.6 Å². The van der Waals surface area contributed by atoms with Gasteiger partial charge in [0.1, 0.15) is 0 Å². The smallest absolute Gasteiger partial charge is 0.0918 e. The van der Waals surface area contributed by atoms with E-state index < -0.39 is 0 Å². The Morgan fingerprint density at radius 3 is 2.62 bits per heavy atom. The molecule has 2 aromatic carbocycles. The van der Waals surface area contributed by atoms with Gasteiger partial charge in [-0.15, -0.1) is 5.10 Å². The van der Waals surface area contributed by atoms with Gasteiger partial charge in [0.15, 0.2) is 0 Å². The van der Waals surface area contributed by atoms with Crippen LogP contribution in [0.15, 0.2) is 48.5 Å². The summed E-state index contributed by atoms with van der Waals surface area (Å²) in [5.74, 6) is 0.